The van der Waals surface area contributed by atoms with E-state index >= 15 is 0 Å². The van der Waals surface area contributed by atoms with Gasteiger partial charge in [-0.2, -0.15) is 0 Å². The van der Waals surface area contributed by atoms with Gasteiger partial charge in [-0.25, -0.2) is 0 Å². The van der Waals surface area contributed by atoms with Crippen LogP contribution in [0.25, 0.3) is 53.0 Å². The molecule has 44 heavy (non-hydrogen) atoms. The molecule has 0 fully saturated rings. The first-order valence-electron chi connectivity index (χ1n) is 14.9. The minimum absolute atomic E-state index is 0.203. The van der Waals surface area contributed by atoms with E-state index in [1.54, 1.807) is 0 Å². The van der Waals surface area contributed by atoms with Crippen LogP contribution in [0.4, 0.5) is 0 Å². The maximum atomic E-state index is 5.14. The summed E-state index contributed by atoms with van der Waals surface area (Å²) in [6.45, 7) is 0. The zero-order valence-electron chi connectivity index (χ0n) is 23.8. The Morgan fingerprint density at radius 2 is 1.30 bits per heavy atom. The monoisotopic (exact) mass is 583 g/mol. The van der Waals surface area contributed by atoms with Gasteiger partial charge in [0.1, 0.15) is 5.84 Å². The summed E-state index contributed by atoms with van der Waals surface area (Å²) in [5, 5.41) is 13.9. The minimum Gasteiger partial charge on any atom is -0.613 e. The highest BCUT2D eigenvalue weighted by Crippen LogP contribution is 2.41. The van der Waals surface area contributed by atoms with E-state index in [0.717, 1.165) is 28.2 Å². The third-order valence-corrected chi connectivity index (χ3v) is 9.71. The Hall–Kier alpha value is -5.23. The lowest BCUT2D eigenvalue weighted by molar-refractivity contribution is 0.631. The van der Waals surface area contributed by atoms with Gasteiger partial charge in [-0.1, -0.05) is 109 Å². The van der Waals surface area contributed by atoms with Crippen LogP contribution in [0, 0.1) is 0 Å². The van der Waals surface area contributed by atoms with Crippen LogP contribution in [0.3, 0.4) is 0 Å². The van der Waals surface area contributed by atoms with Gasteiger partial charge in [-0.3, -0.25) is 4.99 Å². The van der Waals surface area contributed by atoms with E-state index < -0.39 is 0 Å². The predicted molar refractivity (Wildman–Crippen MR) is 185 cm³/mol. The van der Waals surface area contributed by atoms with Crippen molar-refractivity contribution < 1.29 is 0 Å². The van der Waals surface area contributed by atoms with E-state index in [0.29, 0.717) is 0 Å². The second-order valence-electron chi connectivity index (χ2n) is 11.2. The fourth-order valence-corrected chi connectivity index (χ4v) is 7.63. The topological polar surface area (TPSA) is 43.4 Å². The Kier molecular flexibility index (Phi) is 5.86. The lowest BCUT2D eigenvalue weighted by Crippen LogP contribution is -2.34. The summed E-state index contributed by atoms with van der Waals surface area (Å²) in [5.41, 5.74) is 6.74. The standard InChI is InChI=1S/C39H27N4S/c1-3-12-25(13-4-1)37-40-38(26-14-5-2-6-15-26)42-39(41-37)27-16-11-17-28(22-27)43-33-20-9-7-18-29(33)31-24-36-32(23-34(31)43)30-19-8-10-21-35(30)44-36/h1-24,37-38H,(H,41,42)/q-1. The minimum atomic E-state index is -0.297. The molecule has 5 heteroatoms. The van der Waals surface area contributed by atoms with Crippen LogP contribution in [0.5, 0.6) is 0 Å². The van der Waals surface area contributed by atoms with E-state index in [-0.39, 0.29) is 12.3 Å². The number of para-hydroxylation sites is 1. The van der Waals surface area contributed by atoms with Gasteiger partial charge in [0.15, 0.2) is 0 Å². The summed E-state index contributed by atoms with van der Waals surface area (Å²) in [6, 6.07) is 51.7. The van der Waals surface area contributed by atoms with Crippen LogP contribution in [-0.2, 0) is 0 Å². The molecule has 2 aromatic heterocycles. The lowest BCUT2D eigenvalue weighted by Gasteiger charge is -2.44. The zero-order valence-corrected chi connectivity index (χ0v) is 24.6. The Labute approximate surface area is 258 Å². The van der Waals surface area contributed by atoms with E-state index in [1.807, 2.05) is 23.5 Å². The van der Waals surface area contributed by atoms with Gasteiger partial charge in [0.2, 0.25) is 0 Å². The molecule has 0 amide bonds. The molecule has 3 heterocycles. The van der Waals surface area contributed by atoms with Crippen LogP contribution in [0.1, 0.15) is 29.0 Å². The van der Waals surface area contributed by atoms with Crippen molar-refractivity contribution in [1.82, 2.24) is 9.88 Å². The van der Waals surface area contributed by atoms with Gasteiger partial charge >= 0.3 is 0 Å². The Morgan fingerprint density at radius 3 is 2.14 bits per heavy atom. The second kappa shape index (κ2) is 10.2. The van der Waals surface area contributed by atoms with Crippen molar-refractivity contribution in [2.45, 2.75) is 12.3 Å². The fraction of sp³-hybridized carbons (Fsp3) is 0.0513. The van der Waals surface area contributed by atoms with Crippen LogP contribution < -0.4 is 5.32 Å². The van der Waals surface area contributed by atoms with Crippen molar-refractivity contribution in [2.75, 3.05) is 0 Å². The third kappa shape index (κ3) is 4.13. The van der Waals surface area contributed by atoms with Crippen molar-refractivity contribution in [3.05, 3.63) is 168 Å². The Balaban J connectivity index is 1.22. The van der Waals surface area contributed by atoms with Gasteiger partial charge in [0.25, 0.3) is 0 Å². The summed E-state index contributed by atoms with van der Waals surface area (Å²) >= 11 is 1.87. The number of nitrogens with zero attached hydrogens (tertiary/aromatic N) is 3. The third-order valence-electron chi connectivity index (χ3n) is 8.58. The van der Waals surface area contributed by atoms with Crippen LogP contribution in [0.2, 0.25) is 0 Å². The average molecular weight is 584 g/mol. The number of fused-ring (bicyclic) bond motifs is 6. The molecular weight excluding hydrogens is 557 g/mol. The van der Waals surface area contributed by atoms with Crippen LogP contribution in [0.15, 0.2) is 151 Å². The van der Waals surface area contributed by atoms with E-state index in [4.69, 9.17) is 10.3 Å². The quantitative estimate of drug-likeness (QED) is 0.220. The number of aliphatic imine (C=N–C) groups is 1. The number of nitrogens with one attached hydrogen (secondary N) is 1. The van der Waals surface area contributed by atoms with E-state index in [1.165, 1.54) is 42.0 Å². The molecule has 8 aromatic rings. The van der Waals surface area contributed by atoms with E-state index in [9.17, 15) is 0 Å². The molecule has 0 saturated carbocycles. The summed E-state index contributed by atoms with van der Waals surface area (Å²) in [7, 11) is 0. The molecule has 210 valence electrons. The molecule has 1 aliphatic rings. The van der Waals surface area contributed by atoms with Crippen molar-refractivity contribution in [1.29, 1.82) is 0 Å². The molecule has 0 bridgehead atoms. The van der Waals surface area contributed by atoms with Crippen LogP contribution in [-0.4, -0.2) is 10.4 Å². The number of benzene rings is 6. The lowest BCUT2D eigenvalue weighted by atomic mass is 10.1. The normalized spacial score (nSPS) is 16.9. The molecule has 2 unspecified atom stereocenters. The van der Waals surface area contributed by atoms with Gasteiger partial charge < -0.3 is 15.2 Å². The largest absolute Gasteiger partial charge is 0.613 e. The van der Waals surface area contributed by atoms with Gasteiger partial charge in [-0.05, 0) is 59.9 Å². The molecule has 9 rings (SSSR count). The highest BCUT2D eigenvalue weighted by Gasteiger charge is 2.19. The van der Waals surface area contributed by atoms with Crippen molar-refractivity contribution in [3.8, 4) is 5.69 Å². The molecule has 0 aliphatic carbocycles. The smallest absolute Gasteiger partial charge is 0.126 e. The maximum absolute atomic E-state index is 5.14. The zero-order chi connectivity index (χ0) is 29.0. The summed E-state index contributed by atoms with van der Waals surface area (Å²) in [4.78, 5) is 5.14. The molecule has 0 saturated heterocycles. The first-order valence-corrected chi connectivity index (χ1v) is 15.7. The van der Waals surface area contributed by atoms with Gasteiger partial charge in [0.05, 0.1) is 11.0 Å². The van der Waals surface area contributed by atoms with E-state index in [2.05, 4.69) is 143 Å². The average Bonchev–Trinajstić information content (AvgIpc) is 3.62. The Morgan fingerprint density at radius 1 is 0.568 bits per heavy atom. The molecule has 4 nitrogen and oxygen atoms in total. The number of hydrogen-bond donors (Lipinski definition) is 1. The summed E-state index contributed by atoms with van der Waals surface area (Å²) in [6.07, 6.45) is -0.499. The highest BCUT2D eigenvalue weighted by atomic mass is 32.1. The Bertz CT molecular complexity index is 2350. The SMILES string of the molecule is c1ccc(C2N=C(c3cccc(-n4c5ccccc5c5cc6sc7ccccc7c6cc54)c3)NC(c3ccccc3)[N-]2)cc1. The number of rotatable bonds is 4. The summed E-state index contributed by atoms with van der Waals surface area (Å²) < 4.78 is 5.04. The van der Waals surface area contributed by atoms with Crippen molar-refractivity contribution in [3.63, 3.8) is 0 Å². The fourth-order valence-electron chi connectivity index (χ4n) is 6.51. The van der Waals surface area contributed by atoms with Crippen molar-refractivity contribution >= 4 is 59.2 Å². The molecule has 2 atom stereocenters. The molecule has 0 radical (unpaired) electrons. The summed E-state index contributed by atoms with van der Waals surface area (Å²) in [5.74, 6) is 0.844. The number of hydrogen-bond acceptors (Lipinski definition) is 3. The highest BCUT2D eigenvalue weighted by molar-refractivity contribution is 7.25. The number of amidine groups is 1. The van der Waals surface area contributed by atoms with Crippen LogP contribution >= 0.6 is 11.3 Å². The molecular formula is C39H27N4S-. The molecule has 0 spiro atoms. The van der Waals surface area contributed by atoms with Crippen molar-refractivity contribution in [2.24, 2.45) is 4.99 Å². The number of aromatic nitrogens is 1. The first kappa shape index (κ1) is 25.3. The molecule has 6 aromatic carbocycles. The molecule has 1 aliphatic heterocycles. The van der Waals surface area contributed by atoms with Gasteiger partial charge in [0, 0.05) is 42.2 Å². The maximum Gasteiger partial charge on any atom is 0.126 e. The number of thiophene rings is 1. The first-order chi connectivity index (χ1) is 21.8. The predicted octanol–water partition coefficient (Wildman–Crippen LogP) is 10.3. The van der Waals surface area contributed by atoms with Gasteiger partial charge in [-0.15, -0.1) is 11.3 Å². The second-order valence-corrected chi connectivity index (χ2v) is 12.3. The molecule has 1 N–H and O–H groups in total.